The largest absolute Gasteiger partial charge is 0.397 e. The second-order valence-corrected chi connectivity index (χ2v) is 9.99. The van der Waals surface area contributed by atoms with Gasteiger partial charge in [-0.15, -0.1) is 11.3 Å². The Balaban J connectivity index is 1.46. The number of imidazole rings is 1. The van der Waals surface area contributed by atoms with Crippen LogP contribution in [0.1, 0.15) is 26.5 Å². The van der Waals surface area contributed by atoms with E-state index in [1.165, 1.54) is 11.3 Å². The van der Waals surface area contributed by atoms with Crippen LogP contribution in [0.2, 0.25) is 0 Å². The summed E-state index contributed by atoms with van der Waals surface area (Å²) in [5, 5.41) is 12.6. The van der Waals surface area contributed by atoms with Crippen molar-refractivity contribution in [1.29, 1.82) is 0 Å². The number of hydrogen-bond acceptors (Lipinski definition) is 8. The summed E-state index contributed by atoms with van der Waals surface area (Å²) in [4.78, 5) is 37.7. The predicted octanol–water partition coefficient (Wildman–Crippen LogP) is 3.94. The molecule has 5 aromatic rings. The van der Waals surface area contributed by atoms with E-state index in [2.05, 4.69) is 15.3 Å². The lowest BCUT2D eigenvalue weighted by Gasteiger charge is -2.17. The van der Waals surface area contributed by atoms with Crippen molar-refractivity contribution in [2.24, 2.45) is 5.73 Å². The number of thiophene rings is 1. The molecule has 39 heavy (non-hydrogen) atoms. The zero-order chi connectivity index (χ0) is 27.5. The highest BCUT2D eigenvalue weighted by Crippen LogP contribution is 2.34. The summed E-state index contributed by atoms with van der Waals surface area (Å²) in [5.41, 5.74) is 15.5. The molecule has 10 nitrogen and oxygen atoms in total. The number of fused-ring (bicyclic) bond motifs is 1. The molecule has 11 heteroatoms. The number of carbonyl (C=O) groups is 2. The molecule has 0 bridgehead atoms. The molecule has 6 N–H and O–H groups in total. The van der Waals surface area contributed by atoms with Gasteiger partial charge in [-0.3, -0.25) is 19.9 Å². The fourth-order valence-electron chi connectivity index (χ4n) is 4.19. The summed E-state index contributed by atoms with van der Waals surface area (Å²) in [6.07, 6.45) is 2.60. The van der Waals surface area contributed by atoms with Gasteiger partial charge in [0.1, 0.15) is 11.1 Å². The summed E-state index contributed by atoms with van der Waals surface area (Å²) >= 11 is 1.26. The van der Waals surface area contributed by atoms with Gasteiger partial charge in [0.25, 0.3) is 11.8 Å². The molecule has 3 heterocycles. The number of nitrogens with zero attached hydrogens (tertiary/aromatic N) is 4. The molecular weight excluding hydrogens is 514 g/mol. The average molecular weight is 542 g/mol. The van der Waals surface area contributed by atoms with E-state index in [0.717, 1.165) is 10.4 Å². The molecule has 198 valence electrons. The first kappa shape index (κ1) is 26.0. The highest BCUT2D eigenvalue weighted by atomic mass is 32.1. The summed E-state index contributed by atoms with van der Waals surface area (Å²) in [6, 6.07) is 19.9. The fourth-order valence-corrected chi connectivity index (χ4v) is 5.16. The molecule has 5 rings (SSSR count). The van der Waals surface area contributed by atoms with Gasteiger partial charge in [-0.1, -0.05) is 24.3 Å². The number of nitrogens with two attached hydrogens (primary N) is 2. The minimum Gasteiger partial charge on any atom is -0.397 e. The van der Waals surface area contributed by atoms with Gasteiger partial charge in [-0.25, -0.2) is 4.98 Å². The SMILES string of the molecule is CN(C(=O)c1ccccc1)c1ccc2c(c1)nc(NC(=O)c1sc(-c3cccnc3)cc1N)n2CCC(N)O. The number of aromatic nitrogens is 3. The Hall–Kier alpha value is -4.58. The van der Waals surface area contributed by atoms with Crippen molar-refractivity contribution in [2.75, 3.05) is 23.0 Å². The van der Waals surface area contributed by atoms with Crippen LogP contribution in [0.4, 0.5) is 17.3 Å². The number of aryl methyl sites for hydroxylation is 1. The van der Waals surface area contributed by atoms with Gasteiger partial charge in [-0.05, 0) is 42.5 Å². The van der Waals surface area contributed by atoms with E-state index >= 15 is 0 Å². The number of rotatable bonds is 8. The van der Waals surface area contributed by atoms with Gasteiger partial charge in [0, 0.05) is 54.1 Å². The molecule has 0 saturated carbocycles. The first-order valence-electron chi connectivity index (χ1n) is 12.2. The lowest BCUT2D eigenvalue weighted by Crippen LogP contribution is -2.26. The third-order valence-electron chi connectivity index (χ3n) is 6.23. The van der Waals surface area contributed by atoms with Crippen LogP contribution in [-0.4, -0.2) is 44.7 Å². The van der Waals surface area contributed by atoms with Crippen molar-refractivity contribution >= 4 is 51.5 Å². The average Bonchev–Trinajstić information content (AvgIpc) is 3.51. The van der Waals surface area contributed by atoms with E-state index in [1.807, 2.05) is 42.5 Å². The molecule has 0 aliphatic heterocycles. The number of amides is 2. The number of pyridine rings is 1. The Labute approximate surface area is 228 Å². The van der Waals surface area contributed by atoms with Crippen molar-refractivity contribution in [3.8, 4) is 10.4 Å². The maximum atomic E-state index is 13.3. The maximum absolute atomic E-state index is 13.3. The number of nitrogen functional groups attached to an aromatic ring is 1. The third-order valence-corrected chi connectivity index (χ3v) is 7.43. The monoisotopic (exact) mass is 541 g/mol. The van der Waals surface area contributed by atoms with Gasteiger partial charge in [0.2, 0.25) is 5.95 Å². The number of hydrogen-bond donors (Lipinski definition) is 4. The smallest absolute Gasteiger partial charge is 0.270 e. The lowest BCUT2D eigenvalue weighted by molar-refractivity contribution is 0.0991. The third kappa shape index (κ3) is 5.50. The minimum absolute atomic E-state index is 0.160. The van der Waals surface area contributed by atoms with Crippen LogP contribution in [0.5, 0.6) is 0 Å². The van der Waals surface area contributed by atoms with Gasteiger partial charge < -0.3 is 26.0 Å². The molecule has 2 amide bonds. The normalized spacial score (nSPS) is 11.9. The Morgan fingerprint density at radius 1 is 1.13 bits per heavy atom. The number of anilines is 3. The highest BCUT2D eigenvalue weighted by molar-refractivity contribution is 7.18. The molecule has 0 spiro atoms. The topological polar surface area (TPSA) is 152 Å². The van der Waals surface area contributed by atoms with Crippen molar-refractivity contribution < 1.29 is 14.7 Å². The van der Waals surface area contributed by atoms with Crippen molar-refractivity contribution in [3.05, 3.63) is 89.6 Å². The number of aliphatic hydroxyl groups is 1. The Morgan fingerprint density at radius 3 is 2.64 bits per heavy atom. The second kappa shape index (κ2) is 11.0. The Bertz CT molecular complexity index is 1630. The first-order chi connectivity index (χ1) is 18.8. The summed E-state index contributed by atoms with van der Waals surface area (Å²) in [5.74, 6) is -0.290. The first-order valence-corrected chi connectivity index (χ1v) is 13.0. The van der Waals surface area contributed by atoms with Gasteiger partial charge >= 0.3 is 0 Å². The second-order valence-electron chi connectivity index (χ2n) is 8.94. The van der Waals surface area contributed by atoms with E-state index < -0.39 is 12.1 Å². The quantitative estimate of drug-likeness (QED) is 0.217. The van der Waals surface area contributed by atoms with Crippen LogP contribution in [0.25, 0.3) is 21.5 Å². The molecule has 2 aromatic carbocycles. The summed E-state index contributed by atoms with van der Waals surface area (Å²) in [7, 11) is 1.69. The molecule has 0 saturated heterocycles. The van der Waals surface area contributed by atoms with E-state index in [4.69, 9.17) is 11.5 Å². The van der Waals surface area contributed by atoms with Crippen LogP contribution >= 0.6 is 11.3 Å². The van der Waals surface area contributed by atoms with E-state index in [-0.39, 0.29) is 18.3 Å². The molecule has 0 fully saturated rings. The van der Waals surface area contributed by atoms with E-state index in [1.54, 1.807) is 53.2 Å². The highest BCUT2D eigenvalue weighted by Gasteiger charge is 2.21. The van der Waals surface area contributed by atoms with Crippen LogP contribution in [0.3, 0.4) is 0 Å². The van der Waals surface area contributed by atoms with Crippen LogP contribution in [0, 0.1) is 0 Å². The maximum Gasteiger partial charge on any atom is 0.270 e. The molecule has 1 atom stereocenters. The number of nitrogens with one attached hydrogen (secondary N) is 1. The lowest BCUT2D eigenvalue weighted by atomic mass is 10.2. The molecule has 1 unspecified atom stereocenters. The number of aliphatic hydroxyl groups excluding tert-OH is 1. The molecular formula is C28H27N7O3S. The van der Waals surface area contributed by atoms with E-state index in [9.17, 15) is 14.7 Å². The van der Waals surface area contributed by atoms with Gasteiger partial charge in [0.15, 0.2) is 0 Å². The molecule has 3 aromatic heterocycles. The predicted molar refractivity (Wildman–Crippen MR) is 154 cm³/mol. The molecule has 0 aliphatic carbocycles. The van der Waals surface area contributed by atoms with Gasteiger partial charge in [0.05, 0.1) is 16.7 Å². The fraction of sp³-hybridized carbons (Fsp3) is 0.143. The zero-order valence-electron chi connectivity index (χ0n) is 21.1. The minimum atomic E-state index is -1.03. The van der Waals surface area contributed by atoms with Crippen molar-refractivity contribution in [2.45, 2.75) is 19.2 Å². The van der Waals surface area contributed by atoms with Crippen LogP contribution in [-0.2, 0) is 6.54 Å². The van der Waals surface area contributed by atoms with Gasteiger partial charge in [-0.2, -0.15) is 0 Å². The van der Waals surface area contributed by atoms with Crippen molar-refractivity contribution in [3.63, 3.8) is 0 Å². The number of carbonyl (C=O) groups excluding carboxylic acids is 2. The Kier molecular flexibility index (Phi) is 7.37. The van der Waals surface area contributed by atoms with Crippen LogP contribution < -0.4 is 21.7 Å². The molecule has 0 radical (unpaired) electrons. The van der Waals surface area contributed by atoms with Crippen LogP contribution in [0.15, 0.2) is 79.1 Å². The van der Waals surface area contributed by atoms with Crippen molar-refractivity contribution in [1.82, 2.24) is 14.5 Å². The Morgan fingerprint density at radius 2 is 1.92 bits per heavy atom. The molecule has 0 aliphatic rings. The summed E-state index contributed by atoms with van der Waals surface area (Å²) in [6.45, 7) is 0.308. The standard InChI is InChI=1S/C28H27N7O3S/c1-34(27(38)17-6-3-2-4-7-17)19-9-10-22-21(14-19)32-28(35(22)13-11-24(30)36)33-26(37)25-20(29)15-23(39-25)18-8-5-12-31-16-18/h2-10,12,14-16,24,36H,11,13,29-30H2,1H3,(H,32,33,37). The zero-order valence-corrected chi connectivity index (χ0v) is 21.9. The summed E-state index contributed by atoms with van der Waals surface area (Å²) < 4.78 is 1.78. The van der Waals surface area contributed by atoms with E-state index in [0.29, 0.717) is 39.4 Å². The number of benzene rings is 2.